The largest absolute Gasteiger partial charge is 0.469 e. The Hall–Kier alpha value is -2.16. The van der Waals surface area contributed by atoms with Gasteiger partial charge in [0.15, 0.2) is 0 Å². The second-order valence-electron chi connectivity index (χ2n) is 6.25. The van der Waals surface area contributed by atoms with E-state index < -0.39 is 0 Å². The summed E-state index contributed by atoms with van der Waals surface area (Å²) in [6, 6.07) is 10.3. The fraction of sp³-hybridized carbons (Fsp3) is 0.400. The molecule has 0 saturated heterocycles. The molecule has 0 unspecified atom stereocenters. The monoisotopic (exact) mass is 309 g/mol. The van der Waals surface area contributed by atoms with Crippen molar-refractivity contribution in [3.63, 3.8) is 0 Å². The number of pyridine rings is 1. The van der Waals surface area contributed by atoms with Crippen molar-refractivity contribution in [1.29, 1.82) is 0 Å². The molecule has 0 amide bonds. The third kappa shape index (κ3) is 3.79. The number of hydrogen-bond donors (Lipinski definition) is 0. The lowest BCUT2D eigenvalue weighted by atomic mass is 9.81. The maximum atomic E-state index is 11.5. The molecule has 1 fully saturated rings. The van der Waals surface area contributed by atoms with E-state index >= 15 is 0 Å². The van der Waals surface area contributed by atoms with Crippen molar-refractivity contribution in [2.24, 2.45) is 0 Å². The molecule has 3 rings (SSSR count). The third-order valence-corrected chi connectivity index (χ3v) is 4.71. The molecule has 0 N–H and O–H groups in total. The highest BCUT2D eigenvalue weighted by atomic mass is 16.5. The summed E-state index contributed by atoms with van der Waals surface area (Å²) in [6.07, 6.45) is 10.7. The molecule has 0 bridgehead atoms. The molecule has 0 radical (unpaired) electrons. The van der Waals surface area contributed by atoms with Gasteiger partial charge in [-0.3, -0.25) is 9.78 Å². The lowest BCUT2D eigenvalue weighted by molar-refractivity contribution is -0.139. The fourth-order valence-electron chi connectivity index (χ4n) is 3.50. The van der Waals surface area contributed by atoms with E-state index in [1.165, 1.54) is 50.3 Å². The summed E-state index contributed by atoms with van der Waals surface area (Å²) >= 11 is 0. The standard InChI is InChI=1S/C20H23NO2/c1-23-20(22)13-15-6-5-9-17(12-15)19-14-21-11-10-18(19)16-7-3-2-4-8-16/h5-6,9-12,14,16H,2-4,7-8,13H2,1H3. The van der Waals surface area contributed by atoms with Crippen LogP contribution >= 0.6 is 0 Å². The SMILES string of the molecule is COC(=O)Cc1cccc(-c2cnccc2C2CCCCC2)c1. The Balaban J connectivity index is 1.92. The van der Waals surface area contributed by atoms with Crippen molar-refractivity contribution in [2.75, 3.05) is 7.11 Å². The summed E-state index contributed by atoms with van der Waals surface area (Å²) in [4.78, 5) is 15.8. The van der Waals surface area contributed by atoms with Crippen LogP contribution in [-0.4, -0.2) is 18.1 Å². The minimum Gasteiger partial charge on any atom is -0.469 e. The van der Waals surface area contributed by atoms with Gasteiger partial charge in [-0.1, -0.05) is 43.5 Å². The van der Waals surface area contributed by atoms with Gasteiger partial charge >= 0.3 is 5.97 Å². The molecule has 2 aromatic rings. The van der Waals surface area contributed by atoms with Crippen LogP contribution in [0.2, 0.25) is 0 Å². The van der Waals surface area contributed by atoms with Crippen molar-refractivity contribution in [1.82, 2.24) is 4.98 Å². The molecule has 3 nitrogen and oxygen atoms in total. The molecular weight excluding hydrogens is 286 g/mol. The molecule has 120 valence electrons. The van der Waals surface area contributed by atoms with Crippen LogP contribution in [-0.2, 0) is 16.0 Å². The highest BCUT2D eigenvalue weighted by molar-refractivity contribution is 5.74. The van der Waals surface area contributed by atoms with Crippen molar-refractivity contribution in [3.05, 3.63) is 53.9 Å². The van der Waals surface area contributed by atoms with Gasteiger partial charge in [0.25, 0.3) is 0 Å². The molecule has 0 atom stereocenters. The number of ether oxygens (including phenoxy) is 1. The smallest absolute Gasteiger partial charge is 0.309 e. The van der Waals surface area contributed by atoms with E-state index in [2.05, 4.69) is 23.2 Å². The van der Waals surface area contributed by atoms with E-state index in [1.807, 2.05) is 24.5 Å². The zero-order chi connectivity index (χ0) is 16.1. The van der Waals surface area contributed by atoms with E-state index in [0.717, 1.165) is 11.1 Å². The lowest BCUT2D eigenvalue weighted by Gasteiger charge is -2.24. The Kier molecular flexibility index (Phi) is 5.06. The van der Waals surface area contributed by atoms with Gasteiger partial charge in [0.05, 0.1) is 13.5 Å². The fourth-order valence-corrected chi connectivity index (χ4v) is 3.50. The van der Waals surface area contributed by atoms with Crippen molar-refractivity contribution >= 4 is 5.97 Å². The van der Waals surface area contributed by atoms with Crippen LogP contribution in [0, 0.1) is 0 Å². The molecule has 3 heteroatoms. The van der Waals surface area contributed by atoms with Crippen molar-refractivity contribution in [3.8, 4) is 11.1 Å². The predicted molar refractivity (Wildman–Crippen MR) is 91.2 cm³/mol. The minimum atomic E-state index is -0.208. The molecule has 0 aliphatic heterocycles. The van der Waals surface area contributed by atoms with Crippen LogP contribution in [0.4, 0.5) is 0 Å². The summed E-state index contributed by atoms with van der Waals surface area (Å²) in [6.45, 7) is 0. The molecular formula is C20H23NO2. The second kappa shape index (κ2) is 7.40. The van der Waals surface area contributed by atoms with Crippen LogP contribution in [0.1, 0.15) is 49.1 Å². The topological polar surface area (TPSA) is 39.2 Å². The summed E-state index contributed by atoms with van der Waals surface area (Å²) in [5.41, 5.74) is 4.72. The summed E-state index contributed by atoms with van der Waals surface area (Å²) in [7, 11) is 1.43. The van der Waals surface area contributed by atoms with Gasteiger partial charge in [0, 0.05) is 18.0 Å². The molecule has 1 saturated carbocycles. The molecule has 1 heterocycles. The van der Waals surface area contributed by atoms with Crippen molar-refractivity contribution in [2.45, 2.75) is 44.4 Å². The Bertz CT molecular complexity index is 675. The first-order valence-electron chi connectivity index (χ1n) is 8.38. The van der Waals surface area contributed by atoms with E-state index in [9.17, 15) is 4.79 Å². The van der Waals surface area contributed by atoms with Crippen LogP contribution in [0.5, 0.6) is 0 Å². The maximum Gasteiger partial charge on any atom is 0.309 e. The molecule has 23 heavy (non-hydrogen) atoms. The Morgan fingerprint density at radius 2 is 2.04 bits per heavy atom. The highest BCUT2D eigenvalue weighted by Gasteiger charge is 2.19. The first-order chi connectivity index (χ1) is 11.3. The third-order valence-electron chi connectivity index (χ3n) is 4.71. The summed E-state index contributed by atoms with van der Waals surface area (Å²) in [5.74, 6) is 0.423. The number of hydrogen-bond acceptors (Lipinski definition) is 3. The van der Waals surface area contributed by atoms with E-state index in [0.29, 0.717) is 12.3 Å². The summed E-state index contributed by atoms with van der Waals surface area (Å²) in [5, 5.41) is 0. The number of rotatable bonds is 4. The zero-order valence-electron chi connectivity index (χ0n) is 13.6. The van der Waals surface area contributed by atoms with Gasteiger partial charge in [0.2, 0.25) is 0 Å². The van der Waals surface area contributed by atoms with E-state index in [1.54, 1.807) is 0 Å². The number of methoxy groups -OCH3 is 1. The summed E-state index contributed by atoms with van der Waals surface area (Å²) < 4.78 is 4.77. The van der Waals surface area contributed by atoms with Crippen molar-refractivity contribution < 1.29 is 9.53 Å². The van der Waals surface area contributed by atoms with E-state index in [4.69, 9.17) is 4.74 Å². The number of aromatic nitrogens is 1. The maximum absolute atomic E-state index is 11.5. The first-order valence-corrected chi connectivity index (χ1v) is 8.38. The van der Waals surface area contributed by atoms with Gasteiger partial charge in [-0.05, 0) is 41.5 Å². The van der Waals surface area contributed by atoms with Gasteiger partial charge in [-0.2, -0.15) is 0 Å². The van der Waals surface area contributed by atoms with Gasteiger partial charge in [-0.25, -0.2) is 0 Å². The van der Waals surface area contributed by atoms with Crippen LogP contribution in [0.25, 0.3) is 11.1 Å². The van der Waals surface area contributed by atoms with E-state index in [-0.39, 0.29) is 5.97 Å². The van der Waals surface area contributed by atoms with Gasteiger partial charge in [-0.15, -0.1) is 0 Å². The zero-order valence-corrected chi connectivity index (χ0v) is 13.6. The lowest BCUT2D eigenvalue weighted by Crippen LogP contribution is -2.07. The molecule has 1 aromatic heterocycles. The number of carbonyl (C=O) groups excluding carboxylic acids is 1. The molecule has 1 aliphatic carbocycles. The second-order valence-corrected chi connectivity index (χ2v) is 6.25. The molecule has 1 aromatic carbocycles. The first kappa shape index (κ1) is 15.7. The van der Waals surface area contributed by atoms with Gasteiger partial charge < -0.3 is 4.74 Å². The normalized spacial score (nSPS) is 15.3. The Labute approximate surface area is 137 Å². The van der Waals surface area contributed by atoms with Crippen LogP contribution < -0.4 is 0 Å². The number of benzene rings is 1. The number of carbonyl (C=O) groups is 1. The quantitative estimate of drug-likeness (QED) is 0.780. The Morgan fingerprint density at radius 1 is 1.22 bits per heavy atom. The highest BCUT2D eigenvalue weighted by Crippen LogP contribution is 2.37. The average molecular weight is 309 g/mol. The average Bonchev–Trinajstić information content (AvgIpc) is 2.62. The molecule has 1 aliphatic rings. The Morgan fingerprint density at radius 3 is 2.83 bits per heavy atom. The minimum absolute atomic E-state index is 0.208. The van der Waals surface area contributed by atoms with Crippen LogP contribution in [0.15, 0.2) is 42.7 Å². The molecule has 0 spiro atoms. The number of esters is 1. The van der Waals surface area contributed by atoms with Gasteiger partial charge in [0.1, 0.15) is 0 Å². The van der Waals surface area contributed by atoms with Crippen LogP contribution in [0.3, 0.4) is 0 Å². The number of nitrogens with zero attached hydrogens (tertiary/aromatic N) is 1. The predicted octanol–water partition coefficient (Wildman–Crippen LogP) is 4.51.